The summed E-state index contributed by atoms with van der Waals surface area (Å²) >= 11 is 1.15. The van der Waals surface area contributed by atoms with Crippen LogP contribution in [-0.4, -0.2) is 28.8 Å². The minimum Gasteiger partial charge on any atom is -0.400 e. The second kappa shape index (κ2) is 6.33. The lowest BCUT2D eigenvalue weighted by Crippen LogP contribution is -2.39. The highest BCUT2D eigenvalue weighted by Crippen LogP contribution is 2.32. The quantitative estimate of drug-likeness (QED) is 0.761. The number of amidine groups is 1. The van der Waals surface area contributed by atoms with E-state index in [2.05, 4.69) is 16.4 Å². The molecule has 1 aliphatic rings. The normalized spacial score (nSPS) is 20.9. The number of nitrogens with one attached hydrogen (secondary N) is 1. The number of benzene rings is 1. The molecular weight excluding hydrogens is 286 g/mol. The molecule has 1 unspecified atom stereocenters. The lowest BCUT2D eigenvalue weighted by Gasteiger charge is -2.27. The lowest BCUT2D eigenvalue weighted by atomic mass is 10.0. The van der Waals surface area contributed by atoms with Crippen molar-refractivity contribution in [3.8, 4) is 6.07 Å². The minimum absolute atomic E-state index is 0.104. The Hall–Kier alpha value is -2.46. The summed E-state index contributed by atoms with van der Waals surface area (Å²) < 4.78 is -1.03. The molecule has 0 saturated heterocycles. The molecule has 0 fully saturated rings. The molecule has 1 heterocycles. The van der Waals surface area contributed by atoms with Crippen LogP contribution in [0.15, 0.2) is 47.1 Å². The van der Waals surface area contributed by atoms with E-state index >= 15 is 0 Å². The van der Waals surface area contributed by atoms with Crippen LogP contribution in [0.4, 0.5) is 5.69 Å². The Labute approximate surface area is 126 Å². The summed E-state index contributed by atoms with van der Waals surface area (Å²) in [5.74, 6) is 0.204. The number of hydrogen-bond donors (Lipinski definition) is 3. The second-order valence-electron chi connectivity index (χ2n) is 4.48. The van der Waals surface area contributed by atoms with Crippen LogP contribution in [0.5, 0.6) is 0 Å². The number of nitrogens with two attached hydrogens (primary N) is 2. The van der Waals surface area contributed by atoms with Crippen LogP contribution in [-0.2, 0) is 4.79 Å². The van der Waals surface area contributed by atoms with E-state index in [9.17, 15) is 10.1 Å². The monoisotopic (exact) mass is 301 g/mol. The third kappa shape index (κ3) is 3.55. The summed E-state index contributed by atoms with van der Waals surface area (Å²) in [7, 11) is 0. The molecule has 108 valence electrons. The van der Waals surface area contributed by atoms with Gasteiger partial charge in [0.05, 0.1) is 18.4 Å². The smallest absolute Gasteiger partial charge is 0.234 e. The first kappa shape index (κ1) is 14.9. The van der Waals surface area contributed by atoms with Gasteiger partial charge in [0.1, 0.15) is 5.84 Å². The first-order valence-electron chi connectivity index (χ1n) is 6.23. The number of aliphatic imine (C=N–C) groups is 1. The summed E-state index contributed by atoms with van der Waals surface area (Å²) in [5.41, 5.74) is 12.5. The standard InChI is InChI=1S/C14H15N5OS/c15-8-14(9-18-12(17)6-11(14)16)21-7-13(20)19-10-4-2-1-3-5-10/h1-6H,7,9,16H2,(H2,17,18)(H,19,20). The highest BCUT2D eigenvalue weighted by Gasteiger charge is 2.36. The number of hydrogen-bond acceptors (Lipinski definition) is 6. The molecule has 21 heavy (non-hydrogen) atoms. The van der Waals surface area contributed by atoms with E-state index in [1.54, 1.807) is 12.1 Å². The predicted molar refractivity (Wildman–Crippen MR) is 84.6 cm³/mol. The number of dihydropyridines is 1. The fraction of sp³-hybridized carbons (Fsp3) is 0.214. The van der Waals surface area contributed by atoms with E-state index in [1.165, 1.54) is 6.08 Å². The van der Waals surface area contributed by atoms with Crippen molar-refractivity contribution in [2.45, 2.75) is 4.75 Å². The van der Waals surface area contributed by atoms with Crippen LogP contribution in [0, 0.1) is 11.3 Å². The van der Waals surface area contributed by atoms with Gasteiger partial charge < -0.3 is 16.8 Å². The van der Waals surface area contributed by atoms with Crippen LogP contribution in [0.25, 0.3) is 0 Å². The molecule has 2 rings (SSSR count). The molecule has 1 aliphatic heterocycles. The van der Waals surface area contributed by atoms with Crippen LogP contribution in [0.3, 0.4) is 0 Å². The molecule has 6 nitrogen and oxygen atoms in total. The Morgan fingerprint density at radius 1 is 1.43 bits per heavy atom. The maximum Gasteiger partial charge on any atom is 0.234 e. The molecule has 1 aromatic carbocycles. The van der Waals surface area contributed by atoms with E-state index in [0.717, 1.165) is 11.8 Å². The average Bonchev–Trinajstić information content (AvgIpc) is 2.48. The van der Waals surface area contributed by atoms with Crippen molar-refractivity contribution in [2.75, 3.05) is 17.6 Å². The number of carbonyl (C=O) groups is 1. The molecule has 1 aromatic rings. The van der Waals surface area contributed by atoms with Gasteiger partial charge in [-0.05, 0) is 12.1 Å². The summed E-state index contributed by atoms with van der Waals surface area (Å²) in [6, 6.07) is 11.3. The number of carbonyl (C=O) groups excluding carboxylic acids is 1. The Balaban J connectivity index is 1.97. The fourth-order valence-electron chi connectivity index (χ4n) is 1.78. The zero-order valence-electron chi connectivity index (χ0n) is 11.2. The van der Waals surface area contributed by atoms with Crippen molar-refractivity contribution in [1.29, 1.82) is 5.26 Å². The summed E-state index contributed by atoms with van der Waals surface area (Å²) in [6.07, 6.45) is 1.47. The van der Waals surface area contributed by atoms with Gasteiger partial charge in [0.2, 0.25) is 5.91 Å². The zero-order valence-corrected chi connectivity index (χ0v) is 12.1. The Bertz CT molecular complexity index is 635. The number of nitriles is 1. The molecule has 7 heteroatoms. The topological polar surface area (TPSA) is 117 Å². The predicted octanol–water partition coefficient (Wildman–Crippen LogP) is 0.834. The van der Waals surface area contributed by atoms with Crippen molar-refractivity contribution < 1.29 is 4.79 Å². The van der Waals surface area contributed by atoms with Gasteiger partial charge in [-0.3, -0.25) is 9.79 Å². The van der Waals surface area contributed by atoms with Gasteiger partial charge in [-0.25, -0.2) is 0 Å². The zero-order chi connectivity index (χ0) is 15.3. The molecule has 0 aromatic heterocycles. The number of para-hydroxylation sites is 1. The van der Waals surface area contributed by atoms with E-state index in [4.69, 9.17) is 11.5 Å². The van der Waals surface area contributed by atoms with E-state index in [0.29, 0.717) is 17.2 Å². The van der Waals surface area contributed by atoms with Crippen LogP contribution < -0.4 is 16.8 Å². The van der Waals surface area contributed by atoms with Gasteiger partial charge in [0, 0.05) is 17.5 Å². The summed E-state index contributed by atoms with van der Waals surface area (Å²) in [6.45, 7) is 0.154. The van der Waals surface area contributed by atoms with Crippen molar-refractivity contribution in [1.82, 2.24) is 0 Å². The molecule has 5 N–H and O–H groups in total. The second-order valence-corrected chi connectivity index (χ2v) is 5.76. The maximum absolute atomic E-state index is 11.9. The van der Waals surface area contributed by atoms with Gasteiger partial charge in [-0.1, -0.05) is 18.2 Å². The van der Waals surface area contributed by atoms with E-state index in [-0.39, 0.29) is 18.2 Å². The van der Waals surface area contributed by atoms with Gasteiger partial charge in [-0.15, -0.1) is 11.8 Å². The number of anilines is 1. The Morgan fingerprint density at radius 2 is 2.14 bits per heavy atom. The minimum atomic E-state index is -1.03. The molecule has 0 saturated carbocycles. The largest absolute Gasteiger partial charge is 0.400 e. The molecule has 1 atom stereocenters. The number of amides is 1. The summed E-state index contributed by atoms with van der Waals surface area (Å²) in [5, 5.41) is 12.1. The van der Waals surface area contributed by atoms with Gasteiger partial charge in [0.15, 0.2) is 4.75 Å². The highest BCUT2D eigenvalue weighted by atomic mass is 32.2. The third-order valence-electron chi connectivity index (χ3n) is 2.94. The van der Waals surface area contributed by atoms with Crippen molar-refractivity contribution in [2.24, 2.45) is 16.5 Å². The number of thioether (sulfide) groups is 1. The van der Waals surface area contributed by atoms with Gasteiger partial charge in [-0.2, -0.15) is 5.26 Å². The average molecular weight is 301 g/mol. The van der Waals surface area contributed by atoms with Gasteiger partial charge >= 0.3 is 0 Å². The molecular formula is C14H15N5OS. The third-order valence-corrected chi connectivity index (χ3v) is 4.30. The van der Waals surface area contributed by atoms with Crippen molar-refractivity contribution in [3.05, 3.63) is 42.1 Å². The first-order chi connectivity index (χ1) is 10.1. The van der Waals surface area contributed by atoms with Gasteiger partial charge in [0.25, 0.3) is 0 Å². The molecule has 0 aliphatic carbocycles. The van der Waals surface area contributed by atoms with Crippen molar-refractivity contribution >= 4 is 29.2 Å². The Kier molecular flexibility index (Phi) is 4.50. The number of nitrogens with zero attached hydrogens (tertiary/aromatic N) is 2. The van der Waals surface area contributed by atoms with E-state index < -0.39 is 4.75 Å². The SMILES string of the molecule is N#CC1(SCC(=O)Nc2ccccc2)CN=C(N)C=C1N. The fourth-order valence-corrected chi connectivity index (χ4v) is 2.68. The van der Waals surface area contributed by atoms with Crippen LogP contribution >= 0.6 is 11.8 Å². The van der Waals surface area contributed by atoms with E-state index in [1.807, 2.05) is 18.2 Å². The molecule has 1 amide bonds. The lowest BCUT2D eigenvalue weighted by molar-refractivity contribution is -0.113. The maximum atomic E-state index is 11.9. The number of rotatable bonds is 4. The molecule has 0 radical (unpaired) electrons. The highest BCUT2D eigenvalue weighted by molar-refractivity contribution is 8.01. The Morgan fingerprint density at radius 3 is 2.76 bits per heavy atom. The summed E-state index contributed by atoms with van der Waals surface area (Å²) in [4.78, 5) is 16.0. The van der Waals surface area contributed by atoms with Crippen LogP contribution in [0.2, 0.25) is 0 Å². The molecule has 0 bridgehead atoms. The first-order valence-corrected chi connectivity index (χ1v) is 7.22. The molecule has 0 spiro atoms. The van der Waals surface area contributed by atoms with Crippen molar-refractivity contribution in [3.63, 3.8) is 0 Å². The van der Waals surface area contributed by atoms with Crippen LogP contribution in [0.1, 0.15) is 0 Å².